The minimum atomic E-state index is -1.25. The average molecular weight is 529 g/mol. The molecule has 0 saturated carbocycles. The number of hydrogen-bond acceptors (Lipinski definition) is 8. The van der Waals surface area contributed by atoms with E-state index in [9.17, 15) is 5.11 Å². The van der Waals surface area contributed by atoms with E-state index in [-0.39, 0.29) is 18.7 Å². The fourth-order valence-electron chi connectivity index (χ4n) is 4.37. The first-order valence-electron chi connectivity index (χ1n) is 12.0. The third kappa shape index (κ3) is 5.13. The Hall–Kier alpha value is -2.52. The van der Waals surface area contributed by atoms with Crippen molar-refractivity contribution in [1.29, 1.82) is 5.26 Å². The molecule has 0 aliphatic carbocycles. The first-order chi connectivity index (χ1) is 17.2. The number of nitrogens with zero attached hydrogens (tertiary/aromatic N) is 3. The molecule has 0 amide bonds. The predicted molar refractivity (Wildman–Crippen MR) is 137 cm³/mol. The highest BCUT2D eigenvalue weighted by Crippen LogP contribution is 2.36. The molecular formula is C25H29ClN4O5Si. The zero-order valence-electron chi connectivity index (χ0n) is 20.5. The van der Waals surface area contributed by atoms with Gasteiger partial charge in [0.1, 0.15) is 18.3 Å². The van der Waals surface area contributed by atoms with Crippen LogP contribution in [0.4, 0.5) is 0 Å². The van der Waals surface area contributed by atoms with Crippen LogP contribution in [0.25, 0.3) is 22.4 Å². The van der Waals surface area contributed by atoms with Crippen LogP contribution in [0.1, 0.15) is 11.1 Å². The van der Waals surface area contributed by atoms with Crippen LogP contribution in [0.15, 0.2) is 24.3 Å². The van der Waals surface area contributed by atoms with Gasteiger partial charge in [0.05, 0.1) is 47.7 Å². The second-order valence-electron chi connectivity index (χ2n) is 10.4. The zero-order valence-corrected chi connectivity index (χ0v) is 22.2. The van der Waals surface area contributed by atoms with Gasteiger partial charge in [-0.05, 0) is 18.2 Å². The monoisotopic (exact) mass is 528 g/mol. The van der Waals surface area contributed by atoms with Crippen LogP contribution in [0.5, 0.6) is 6.01 Å². The van der Waals surface area contributed by atoms with Crippen LogP contribution in [0, 0.1) is 11.3 Å². The summed E-state index contributed by atoms with van der Waals surface area (Å²) >= 11 is 6.88. The summed E-state index contributed by atoms with van der Waals surface area (Å²) in [4.78, 5) is 12.5. The highest BCUT2D eigenvalue weighted by Gasteiger charge is 2.48. The lowest BCUT2D eigenvalue weighted by molar-refractivity contribution is 0.00705. The summed E-state index contributed by atoms with van der Waals surface area (Å²) in [6.07, 6.45) is -1.82. The number of ether oxygens (including phenoxy) is 4. The largest absolute Gasteiger partial charge is 0.456 e. The van der Waals surface area contributed by atoms with E-state index in [0.717, 1.165) is 17.2 Å². The van der Waals surface area contributed by atoms with Crippen molar-refractivity contribution in [3.05, 3.63) is 40.4 Å². The average Bonchev–Trinajstić information content (AvgIpc) is 3.54. The van der Waals surface area contributed by atoms with Crippen molar-refractivity contribution in [1.82, 2.24) is 15.0 Å². The SMILES string of the molecule is C[Si](C)(C)CCOCc1c(Cl)c(-c2ccc(C#N)cc2)nc2nc(O[C@@H]3CO[C@H]4[C@@H]3OC[C@H]4O)[nH]c12. The molecule has 0 unspecified atom stereocenters. The number of aliphatic hydroxyl groups excluding tert-OH is 1. The molecule has 2 aromatic heterocycles. The predicted octanol–water partition coefficient (Wildman–Crippen LogP) is 3.91. The Balaban J connectivity index is 1.46. The number of hydrogen-bond donors (Lipinski definition) is 2. The minimum absolute atomic E-state index is 0.222. The fraction of sp³-hybridized carbons (Fsp3) is 0.480. The lowest BCUT2D eigenvalue weighted by Crippen LogP contribution is -2.34. The molecule has 0 spiro atoms. The Morgan fingerprint density at radius 3 is 2.64 bits per heavy atom. The molecule has 2 fully saturated rings. The summed E-state index contributed by atoms with van der Waals surface area (Å²) < 4.78 is 23.5. The van der Waals surface area contributed by atoms with Gasteiger partial charge in [-0.3, -0.25) is 0 Å². The summed E-state index contributed by atoms with van der Waals surface area (Å²) in [5.74, 6) is 0. The van der Waals surface area contributed by atoms with E-state index in [1.165, 1.54) is 0 Å². The van der Waals surface area contributed by atoms with Crippen molar-refractivity contribution in [3.8, 4) is 23.3 Å². The molecule has 2 N–H and O–H groups in total. The standard InChI is InChI=1S/C25H29ClN4O5Si/c1-36(2,3)9-8-32-11-16-19(26)20(15-6-4-14(10-27)5-7-15)28-24-21(16)29-25(30-24)35-18-13-34-22-17(31)12-33-23(18)22/h4-7,17-18,22-23,31H,8-9,11-13H2,1-3H3,(H,28,29,30)/t17-,18-,22-,23-/m1/s1. The summed E-state index contributed by atoms with van der Waals surface area (Å²) in [5, 5.41) is 19.6. The highest BCUT2D eigenvalue weighted by molar-refractivity contribution is 6.76. The smallest absolute Gasteiger partial charge is 0.296 e. The third-order valence-electron chi connectivity index (χ3n) is 6.43. The van der Waals surface area contributed by atoms with Gasteiger partial charge in [0.25, 0.3) is 6.01 Å². The molecule has 4 heterocycles. The quantitative estimate of drug-likeness (QED) is 0.333. The number of aliphatic hydroxyl groups is 1. The number of nitrogens with one attached hydrogen (secondary N) is 1. The molecular weight excluding hydrogens is 500 g/mol. The van der Waals surface area contributed by atoms with Gasteiger partial charge in [0.15, 0.2) is 11.8 Å². The van der Waals surface area contributed by atoms with Crippen LogP contribution in [0.2, 0.25) is 30.7 Å². The molecule has 36 heavy (non-hydrogen) atoms. The van der Waals surface area contributed by atoms with Crippen molar-refractivity contribution in [2.45, 2.75) is 56.7 Å². The van der Waals surface area contributed by atoms with Crippen LogP contribution >= 0.6 is 11.6 Å². The Bertz CT molecular complexity index is 1290. The van der Waals surface area contributed by atoms with E-state index in [1.807, 2.05) is 12.1 Å². The summed E-state index contributed by atoms with van der Waals surface area (Å²) in [5.41, 5.74) is 3.71. The van der Waals surface area contributed by atoms with E-state index in [0.29, 0.717) is 47.3 Å². The topological polar surface area (TPSA) is 123 Å². The van der Waals surface area contributed by atoms with Crippen molar-refractivity contribution >= 4 is 30.8 Å². The second-order valence-corrected chi connectivity index (χ2v) is 16.4. The molecule has 1 aromatic carbocycles. The fourth-order valence-corrected chi connectivity index (χ4v) is 5.43. The van der Waals surface area contributed by atoms with E-state index >= 15 is 0 Å². The van der Waals surface area contributed by atoms with Crippen molar-refractivity contribution in [2.24, 2.45) is 0 Å². The van der Waals surface area contributed by atoms with E-state index in [2.05, 4.69) is 35.7 Å². The van der Waals surface area contributed by atoms with E-state index in [1.54, 1.807) is 12.1 Å². The van der Waals surface area contributed by atoms with Crippen LogP contribution in [0.3, 0.4) is 0 Å². The summed E-state index contributed by atoms with van der Waals surface area (Å²) in [6, 6.07) is 10.5. The molecule has 190 valence electrons. The van der Waals surface area contributed by atoms with E-state index < -0.39 is 26.4 Å². The normalized spacial score (nSPS) is 23.7. The van der Waals surface area contributed by atoms with Gasteiger partial charge in [-0.1, -0.05) is 43.4 Å². The first-order valence-corrected chi connectivity index (χ1v) is 16.1. The molecule has 4 atom stereocenters. The molecule has 9 nitrogen and oxygen atoms in total. The maximum absolute atomic E-state index is 10.0. The maximum atomic E-state index is 10.0. The highest BCUT2D eigenvalue weighted by atomic mass is 35.5. The number of imidazole rings is 1. The van der Waals surface area contributed by atoms with E-state index in [4.69, 9.17) is 40.8 Å². The first kappa shape index (κ1) is 25.1. The number of aromatic amines is 1. The molecule has 0 radical (unpaired) electrons. The molecule has 5 rings (SSSR count). The molecule has 2 aliphatic heterocycles. The van der Waals surface area contributed by atoms with Gasteiger partial charge < -0.3 is 29.0 Å². The van der Waals surface area contributed by atoms with Crippen LogP contribution in [-0.4, -0.2) is 72.4 Å². The number of H-pyrrole nitrogens is 1. The number of fused-ring (bicyclic) bond motifs is 2. The molecule has 2 aliphatic rings. The molecule has 0 bridgehead atoms. The number of halogens is 1. The summed E-state index contributed by atoms with van der Waals surface area (Å²) in [6.45, 7) is 8.36. The Kier molecular flexibility index (Phi) is 7.04. The van der Waals surface area contributed by atoms with Gasteiger partial charge in [-0.15, -0.1) is 0 Å². The lowest BCUT2D eigenvalue weighted by atomic mass is 10.1. The lowest BCUT2D eigenvalue weighted by Gasteiger charge is -2.16. The third-order valence-corrected chi connectivity index (χ3v) is 8.54. The Morgan fingerprint density at radius 2 is 1.92 bits per heavy atom. The van der Waals surface area contributed by atoms with Crippen molar-refractivity contribution < 1.29 is 24.1 Å². The van der Waals surface area contributed by atoms with Crippen LogP contribution in [-0.2, 0) is 20.8 Å². The van der Waals surface area contributed by atoms with Gasteiger partial charge in [-0.2, -0.15) is 10.2 Å². The molecule has 3 aromatic rings. The Labute approximate surface area is 215 Å². The maximum Gasteiger partial charge on any atom is 0.296 e. The number of nitriles is 1. The minimum Gasteiger partial charge on any atom is -0.456 e. The van der Waals surface area contributed by atoms with Crippen molar-refractivity contribution in [3.63, 3.8) is 0 Å². The second kappa shape index (κ2) is 10.1. The van der Waals surface area contributed by atoms with Gasteiger partial charge in [-0.25, -0.2) is 4.98 Å². The summed E-state index contributed by atoms with van der Waals surface area (Å²) in [7, 11) is -1.25. The number of rotatable bonds is 8. The van der Waals surface area contributed by atoms with Gasteiger partial charge in [0, 0.05) is 25.8 Å². The molecule has 11 heteroatoms. The Morgan fingerprint density at radius 1 is 1.17 bits per heavy atom. The van der Waals surface area contributed by atoms with Crippen molar-refractivity contribution in [2.75, 3.05) is 19.8 Å². The number of aromatic nitrogens is 3. The number of pyridine rings is 1. The van der Waals surface area contributed by atoms with Gasteiger partial charge in [0.2, 0.25) is 0 Å². The van der Waals surface area contributed by atoms with Crippen LogP contribution < -0.4 is 4.74 Å². The zero-order chi connectivity index (χ0) is 25.4. The van der Waals surface area contributed by atoms with Gasteiger partial charge >= 0.3 is 0 Å². The number of benzene rings is 1. The molecule has 2 saturated heterocycles.